The van der Waals surface area contributed by atoms with Gasteiger partial charge < -0.3 is 9.84 Å². The Bertz CT molecular complexity index is 471. The molecule has 0 atom stereocenters. The molecule has 0 unspecified atom stereocenters. The average molecular weight is 255 g/mol. The average Bonchev–Trinajstić information content (AvgIpc) is 2.77. The van der Waals surface area contributed by atoms with Crippen molar-refractivity contribution in [2.75, 3.05) is 6.61 Å². The Labute approximate surface area is 103 Å². The topological polar surface area (TPSA) is 73.1 Å². The molecule has 90 valence electrons. The molecule has 0 saturated heterocycles. The fourth-order valence-corrected chi connectivity index (χ4v) is 1.40. The van der Waals surface area contributed by atoms with Crippen LogP contribution in [0.1, 0.15) is 5.82 Å². The molecule has 0 radical (unpaired) electrons. The second-order valence-electron chi connectivity index (χ2n) is 3.28. The SMILES string of the molecule is OCCn1nnnc1COc1ccc(Cl)cc1. The van der Waals surface area contributed by atoms with Gasteiger partial charge in [0.1, 0.15) is 12.4 Å². The maximum Gasteiger partial charge on any atom is 0.189 e. The van der Waals surface area contributed by atoms with Crippen molar-refractivity contribution in [2.45, 2.75) is 13.2 Å². The summed E-state index contributed by atoms with van der Waals surface area (Å²) in [5.74, 6) is 1.25. The number of benzene rings is 1. The maximum atomic E-state index is 8.81. The van der Waals surface area contributed by atoms with Crippen molar-refractivity contribution in [2.24, 2.45) is 0 Å². The predicted molar refractivity (Wildman–Crippen MR) is 60.7 cm³/mol. The van der Waals surface area contributed by atoms with Crippen LogP contribution in [0.15, 0.2) is 24.3 Å². The minimum absolute atomic E-state index is 0.0149. The standard InChI is InChI=1S/C10H11ClN4O2/c11-8-1-3-9(4-2-8)17-7-10-12-13-14-15(10)5-6-16/h1-4,16H,5-7H2. The zero-order chi connectivity index (χ0) is 12.1. The molecule has 1 N–H and O–H groups in total. The van der Waals surface area contributed by atoms with E-state index in [0.29, 0.717) is 23.1 Å². The van der Waals surface area contributed by atoms with Gasteiger partial charge in [-0.25, -0.2) is 4.68 Å². The van der Waals surface area contributed by atoms with E-state index >= 15 is 0 Å². The quantitative estimate of drug-likeness (QED) is 0.858. The van der Waals surface area contributed by atoms with Crippen molar-refractivity contribution in [1.82, 2.24) is 20.2 Å². The molecular weight excluding hydrogens is 244 g/mol. The van der Waals surface area contributed by atoms with E-state index in [1.54, 1.807) is 24.3 Å². The van der Waals surface area contributed by atoms with E-state index in [-0.39, 0.29) is 13.2 Å². The Morgan fingerprint density at radius 3 is 2.76 bits per heavy atom. The molecule has 1 aromatic carbocycles. The fourth-order valence-electron chi connectivity index (χ4n) is 1.27. The number of nitrogens with zero attached hydrogens (tertiary/aromatic N) is 4. The molecule has 6 nitrogen and oxygen atoms in total. The van der Waals surface area contributed by atoms with Gasteiger partial charge in [0.15, 0.2) is 5.82 Å². The summed E-state index contributed by atoms with van der Waals surface area (Å²) in [7, 11) is 0. The molecule has 0 saturated carbocycles. The van der Waals surface area contributed by atoms with E-state index in [1.807, 2.05) is 0 Å². The highest BCUT2D eigenvalue weighted by Crippen LogP contribution is 2.16. The zero-order valence-electron chi connectivity index (χ0n) is 8.95. The summed E-state index contributed by atoms with van der Waals surface area (Å²) in [6.07, 6.45) is 0. The summed E-state index contributed by atoms with van der Waals surface area (Å²) in [5, 5.41) is 20.5. The van der Waals surface area contributed by atoms with Gasteiger partial charge in [-0.05, 0) is 34.7 Å². The lowest BCUT2D eigenvalue weighted by Crippen LogP contribution is -2.11. The molecule has 0 spiro atoms. The summed E-state index contributed by atoms with van der Waals surface area (Å²) < 4.78 is 6.98. The van der Waals surface area contributed by atoms with Gasteiger partial charge in [-0.3, -0.25) is 0 Å². The molecule has 0 fully saturated rings. The molecule has 2 rings (SSSR count). The molecule has 0 amide bonds. The van der Waals surface area contributed by atoms with Gasteiger partial charge in [0.25, 0.3) is 0 Å². The first-order valence-electron chi connectivity index (χ1n) is 5.04. The van der Waals surface area contributed by atoms with E-state index in [9.17, 15) is 0 Å². The van der Waals surface area contributed by atoms with Gasteiger partial charge in [0, 0.05) is 5.02 Å². The summed E-state index contributed by atoms with van der Waals surface area (Å²) >= 11 is 5.76. The first kappa shape index (κ1) is 11.8. The number of rotatable bonds is 5. The molecule has 0 aliphatic rings. The maximum absolute atomic E-state index is 8.81. The Morgan fingerprint density at radius 2 is 2.06 bits per heavy atom. The minimum Gasteiger partial charge on any atom is -0.486 e. The second-order valence-corrected chi connectivity index (χ2v) is 3.72. The number of hydrogen-bond acceptors (Lipinski definition) is 5. The first-order chi connectivity index (χ1) is 8.29. The van der Waals surface area contributed by atoms with Gasteiger partial charge in [-0.1, -0.05) is 11.6 Å². The smallest absolute Gasteiger partial charge is 0.189 e. The van der Waals surface area contributed by atoms with Gasteiger partial charge in [-0.2, -0.15) is 0 Å². The highest BCUT2D eigenvalue weighted by atomic mass is 35.5. The van der Waals surface area contributed by atoms with Gasteiger partial charge in [-0.15, -0.1) is 5.10 Å². The Balaban J connectivity index is 1.97. The number of tetrazole rings is 1. The van der Waals surface area contributed by atoms with E-state index in [2.05, 4.69) is 15.5 Å². The van der Waals surface area contributed by atoms with Crippen molar-refractivity contribution in [3.8, 4) is 5.75 Å². The minimum atomic E-state index is -0.0149. The van der Waals surface area contributed by atoms with E-state index in [0.717, 1.165) is 0 Å². The third kappa shape index (κ3) is 3.15. The molecule has 17 heavy (non-hydrogen) atoms. The number of aliphatic hydroxyl groups excluding tert-OH is 1. The first-order valence-corrected chi connectivity index (χ1v) is 5.41. The van der Waals surface area contributed by atoms with Crippen LogP contribution in [0.4, 0.5) is 0 Å². The number of aliphatic hydroxyl groups is 1. The summed E-state index contributed by atoms with van der Waals surface area (Å²) in [6, 6.07) is 7.02. The Hall–Kier alpha value is -1.66. The molecule has 0 aliphatic heterocycles. The Kier molecular flexibility index (Phi) is 3.89. The van der Waals surface area contributed by atoms with Crippen molar-refractivity contribution < 1.29 is 9.84 Å². The van der Waals surface area contributed by atoms with Crippen LogP contribution in [0.2, 0.25) is 5.02 Å². The van der Waals surface area contributed by atoms with Crippen molar-refractivity contribution in [3.05, 3.63) is 35.1 Å². The molecule has 2 aromatic rings. The fraction of sp³-hybridized carbons (Fsp3) is 0.300. The van der Waals surface area contributed by atoms with Crippen LogP contribution in [0, 0.1) is 0 Å². The Morgan fingerprint density at radius 1 is 1.29 bits per heavy atom. The van der Waals surface area contributed by atoms with Crippen LogP contribution < -0.4 is 4.74 Å². The third-order valence-electron chi connectivity index (χ3n) is 2.10. The molecule has 0 aliphatic carbocycles. The largest absolute Gasteiger partial charge is 0.486 e. The molecule has 7 heteroatoms. The van der Waals surface area contributed by atoms with Gasteiger partial charge in [0.05, 0.1) is 13.2 Å². The predicted octanol–water partition coefficient (Wildman–Crippen LogP) is 0.898. The van der Waals surface area contributed by atoms with Crippen LogP contribution >= 0.6 is 11.6 Å². The van der Waals surface area contributed by atoms with Crippen LogP contribution in [0.3, 0.4) is 0 Å². The van der Waals surface area contributed by atoms with Crippen molar-refractivity contribution in [1.29, 1.82) is 0 Å². The number of ether oxygens (including phenoxy) is 1. The second kappa shape index (κ2) is 5.60. The number of aromatic nitrogens is 4. The van der Waals surface area contributed by atoms with Crippen LogP contribution in [-0.2, 0) is 13.2 Å². The van der Waals surface area contributed by atoms with Gasteiger partial charge >= 0.3 is 0 Å². The van der Waals surface area contributed by atoms with E-state index in [4.69, 9.17) is 21.4 Å². The van der Waals surface area contributed by atoms with E-state index < -0.39 is 0 Å². The van der Waals surface area contributed by atoms with Crippen LogP contribution in [-0.4, -0.2) is 31.9 Å². The zero-order valence-corrected chi connectivity index (χ0v) is 9.71. The number of hydrogen-bond donors (Lipinski definition) is 1. The molecular formula is C10H11ClN4O2. The summed E-state index contributed by atoms with van der Waals surface area (Å²) in [6.45, 7) is 0.583. The third-order valence-corrected chi connectivity index (χ3v) is 2.35. The summed E-state index contributed by atoms with van der Waals surface area (Å²) in [4.78, 5) is 0. The monoisotopic (exact) mass is 254 g/mol. The van der Waals surface area contributed by atoms with Gasteiger partial charge in [0.2, 0.25) is 0 Å². The lowest BCUT2D eigenvalue weighted by molar-refractivity contribution is 0.250. The molecule has 0 bridgehead atoms. The summed E-state index contributed by atoms with van der Waals surface area (Å²) in [5.41, 5.74) is 0. The number of halogens is 1. The highest BCUT2D eigenvalue weighted by molar-refractivity contribution is 6.30. The normalized spacial score (nSPS) is 10.5. The van der Waals surface area contributed by atoms with Crippen molar-refractivity contribution in [3.63, 3.8) is 0 Å². The highest BCUT2D eigenvalue weighted by Gasteiger charge is 2.06. The van der Waals surface area contributed by atoms with Crippen LogP contribution in [0.5, 0.6) is 5.75 Å². The lowest BCUT2D eigenvalue weighted by atomic mass is 10.3. The lowest BCUT2D eigenvalue weighted by Gasteiger charge is -2.05. The van der Waals surface area contributed by atoms with Crippen molar-refractivity contribution >= 4 is 11.6 Å². The molecule has 1 heterocycles. The van der Waals surface area contributed by atoms with Crippen LogP contribution in [0.25, 0.3) is 0 Å². The van der Waals surface area contributed by atoms with E-state index in [1.165, 1.54) is 4.68 Å². The molecule has 1 aromatic heterocycles.